The summed E-state index contributed by atoms with van der Waals surface area (Å²) in [5, 5.41) is 1.80. The van der Waals surface area contributed by atoms with Crippen LogP contribution in [0.3, 0.4) is 0 Å². The van der Waals surface area contributed by atoms with E-state index in [0.717, 1.165) is 0 Å². The number of hydrogen-bond acceptors (Lipinski definition) is 1. The SMILES string of the molecule is [Li][CH2]C(C)(C)CS[Si](C)(C)C(C)(C)C. The van der Waals surface area contributed by atoms with Gasteiger partial charge in [0.2, 0.25) is 0 Å². The van der Waals surface area contributed by atoms with Crippen LogP contribution < -0.4 is 0 Å². The van der Waals surface area contributed by atoms with Crippen molar-refractivity contribution in [3.8, 4) is 0 Å². The Hall–Kier alpha value is 1.16. The van der Waals surface area contributed by atoms with Crippen molar-refractivity contribution < 1.29 is 0 Å². The third-order valence-electron chi connectivity index (χ3n) is 3.59. The quantitative estimate of drug-likeness (QED) is 0.640. The van der Waals surface area contributed by atoms with Gasteiger partial charge in [-0.1, -0.05) is 0 Å². The van der Waals surface area contributed by atoms with Crippen LogP contribution in [0.1, 0.15) is 34.6 Å². The van der Waals surface area contributed by atoms with Crippen LogP contribution in [-0.2, 0) is 0 Å². The van der Waals surface area contributed by atoms with Crippen molar-refractivity contribution >= 4 is 36.1 Å². The molecule has 0 N–H and O–H groups in total. The van der Waals surface area contributed by atoms with Crippen molar-refractivity contribution in [2.75, 3.05) is 5.75 Å². The van der Waals surface area contributed by atoms with Crippen molar-refractivity contribution in [1.29, 1.82) is 0 Å². The van der Waals surface area contributed by atoms with Crippen LogP contribution >= 0.6 is 11.2 Å². The molecule has 0 aromatic carbocycles. The zero-order valence-electron chi connectivity index (χ0n) is 11.3. The molecule has 0 aliphatic carbocycles. The number of rotatable bonds is 4. The van der Waals surface area contributed by atoms with Crippen LogP contribution in [0.4, 0.5) is 0 Å². The van der Waals surface area contributed by atoms with Gasteiger partial charge in [-0.05, 0) is 0 Å². The first-order chi connectivity index (χ1) is 6.02. The van der Waals surface area contributed by atoms with E-state index in [4.69, 9.17) is 0 Å². The van der Waals surface area contributed by atoms with E-state index in [2.05, 4.69) is 76.6 Å². The molecular formula is C11H25LiSSi. The van der Waals surface area contributed by atoms with E-state index >= 15 is 0 Å². The molecule has 0 aliphatic rings. The van der Waals surface area contributed by atoms with E-state index in [-0.39, 0.29) is 0 Å². The van der Waals surface area contributed by atoms with E-state index in [1.165, 1.54) is 10.8 Å². The maximum absolute atomic E-state index is 2.50. The molecule has 0 aliphatic heterocycles. The van der Waals surface area contributed by atoms with Crippen molar-refractivity contribution in [3.63, 3.8) is 0 Å². The van der Waals surface area contributed by atoms with Gasteiger partial charge < -0.3 is 0 Å². The molecule has 80 valence electrons. The molecule has 0 radical (unpaired) electrons. The van der Waals surface area contributed by atoms with Gasteiger partial charge in [0.1, 0.15) is 0 Å². The van der Waals surface area contributed by atoms with Crippen LogP contribution in [0.5, 0.6) is 0 Å². The van der Waals surface area contributed by atoms with Gasteiger partial charge in [-0.15, -0.1) is 0 Å². The molecular weight excluding hydrogens is 199 g/mol. The molecule has 0 aromatic rings. The predicted octanol–water partition coefficient (Wildman–Crippen LogP) is 4.34. The van der Waals surface area contributed by atoms with E-state index in [9.17, 15) is 0 Å². The molecule has 0 aromatic heterocycles. The second kappa shape index (κ2) is 5.00. The molecule has 0 amide bonds. The van der Waals surface area contributed by atoms with Crippen molar-refractivity contribution in [2.24, 2.45) is 5.41 Å². The zero-order valence-corrected chi connectivity index (χ0v) is 13.1. The molecule has 0 spiro atoms. The fraction of sp³-hybridized carbons (Fsp3) is 1.00. The van der Waals surface area contributed by atoms with Gasteiger partial charge in [-0.25, -0.2) is 0 Å². The molecule has 0 unspecified atom stereocenters. The maximum atomic E-state index is 2.50. The van der Waals surface area contributed by atoms with Crippen LogP contribution in [-0.4, -0.2) is 30.7 Å². The molecule has 0 nitrogen and oxygen atoms in total. The molecule has 14 heavy (non-hydrogen) atoms. The predicted molar refractivity (Wildman–Crippen MR) is 74.0 cm³/mol. The van der Waals surface area contributed by atoms with Crippen LogP contribution in [0.2, 0.25) is 23.2 Å². The third kappa shape index (κ3) is 4.79. The molecule has 0 bridgehead atoms. The van der Waals surface area contributed by atoms with E-state index in [0.29, 0.717) is 10.5 Å². The van der Waals surface area contributed by atoms with Gasteiger partial charge in [0.05, 0.1) is 0 Å². The summed E-state index contributed by atoms with van der Waals surface area (Å²) in [5.74, 6) is 1.32. The molecule has 3 heteroatoms. The first-order valence-electron chi connectivity index (χ1n) is 5.66. The molecule has 0 fully saturated rings. The van der Waals surface area contributed by atoms with Gasteiger partial charge in [-0.3, -0.25) is 0 Å². The van der Waals surface area contributed by atoms with Crippen LogP contribution in [0.25, 0.3) is 0 Å². The van der Waals surface area contributed by atoms with E-state index in [1.54, 1.807) is 0 Å². The third-order valence-corrected chi connectivity index (χ3v) is 13.3. The minimum absolute atomic E-state index is 0.514. The summed E-state index contributed by atoms with van der Waals surface area (Å²) in [4.78, 5) is 0. The summed E-state index contributed by atoms with van der Waals surface area (Å²) in [6.45, 7) is 17.0. The average molecular weight is 224 g/mol. The summed E-state index contributed by atoms with van der Waals surface area (Å²) in [6.07, 6.45) is 0. The normalized spacial score (nSPS) is 14.6. The Labute approximate surface area is 105 Å². The van der Waals surface area contributed by atoms with E-state index < -0.39 is 7.22 Å². The second-order valence-corrected chi connectivity index (χ2v) is 15.6. The van der Waals surface area contributed by atoms with Gasteiger partial charge in [0.15, 0.2) is 0 Å². The Morgan fingerprint density at radius 1 is 1.07 bits per heavy atom. The van der Waals surface area contributed by atoms with Crippen LogP contribution in [0.15, 0.2) is 0 Å². The zero-order chi connectivity index (χ0) is 11.6. The summed E-state index contributed by atoms with van der Waals surface area (Å²) >= 11 is 4.55. The Morgan fingerprint density at radius 3 is 1.79 bits per heavy atom. The molecule has 0 saturated heterocycles. The minimum atomic E-state index is -1.11. The van der Waals surface area contributed by atoms with Gasteiger partial charge in [0, 0.05) is 0 Å². The summed E-state index contributed by atoms with van der Waals surface area (Å²) in [6, 6.07) is 0. The Morgan fingerprint density at radius 2 is 1.50 bits per heavy atom. The fourth-order valence-corrected chi connectivity index (χ4v) is 5.64. The molecule has 0 saturated carbocycles. The molecule has 0 atom stereocenters. The summed E-state index contributed by atoms with van der Waals surface area (Å²) in [7, 11) is -1.11. The number of hydrogen-bond donors (Lipinski definition) is 0. The summed E-state index contributed by atoms with van der Waals surface area (Å²) < 4.78 is 0. The first kappa shape index (κ1) is 15.2. The van der Waals surface area contributed by atoms with E-state index in [1.807, 2.05) is 0 Å². The monoisotopic (exact) mass is 224 g/mol. The molecule has 0 rings (SSSR count). The van der Waals surface area contributed by atoms with Gasteiger partial charge in [-0.2, -0.15) is 0 Å². The van der Waals surface area contributed by atoms with Crippen LogP contribution in [0, 0.1) is 5.41 Å². The standard InChI is InChI=1S/C11H25SSi.Li/c1-10(2,3)9-12-13(7,8)11(4,5)6;/h1,9H2,2-8H3;. The fourth-order valence-electron chi connectivity index (χ4n) is 0.694. The average Bonchev–Trinajstić information content (AvgIpc) is 1.99. The Kier molecular flexibility index (Phi) is 5.41. The van der Waals surface area contributed by atoms with Gasteiger partial charge in [0.25, 0.3) is 0 Å². The Bertz CT molecular complexity index is 182. The first-order valence-corrected chi connectivity index (χ1v) is 10.4. The van der Waals surface area contributed by atoms with Gasteiger partial charge >= 0.3 is 105 Å². The molecule has 0 heterocycles. The van der Waals surface area contributed by atoms with Crippen molar-refractivity contribution in [3.05, 3.63) is 0 Å². The summed E-state index contributed by atoms with van der Waals surface area (Å²) in [5.41, 5.74) is 0.514. The second-order valence-electron chi connectivity index (χ2n) is 6.57. The Balaban J connectivity index is 4.27. The topological polar surface area (TPSA) is 0 Å². The van der Waals surface area contributed by atoms with Crippen molar-refractivity contribution in [1.82, 2.24) is 0 Å². The van der Waals surface area contributed by atoms with Crippen molar-refractivity contribution in [2.45, 2.75) is 57.8 Å².